The SMILES string of the molecule is COCC(C)(CN)NCCCCCO. The van der Waals surface area contributed by atoms with E-state index < -0.39 is 0 Å². The molecule has 0 aliphatic rings. The highest BCUT2D eigenvalue weighted by atomic mass is 16.5. The van der Waals surface area contributed by atoms with E-state index in [1.165, 1.54) is 0 Å². The number of ether oxygens (including phenoxy) is 1. The highest BCUT2D eigenvalue weighted by Crippen LogP contribution is 2.02. The minimum atomic E-state index is -0.117. The molecule has 1 atom stereocenters. The lowest BCUT2D eigenvalue weighted by molar-refractivity contribution is 0.122. The van der Waals surface area contributed by atoms with Crippen molar-refractivity contribution in [2.45, 2.75) is 31.7 Å². The van der Waals surface area contributed by atoms with Crippen molar-refractivity contribution in [3.63, 3.8) is 0 Å². The van der Waals surface area contributed by atoms with Gasteiger partial charge in [0.25, 0.3) is 0 Å². The lowest BCUT2D eigenvalue weighted by Crippen LogP contribution is -2.52. The van der Waals surface area contributed by atoms with Crippen LogP contribution in [0.2, 0.25) is 0 Å². The Bertz CT molecular complexity index is 133. The van der Waals surface area contributed by atoms with Gasteiger partial charge in [0.05, 0.1) is 12.1 Å². The zero-order chi connectivity index (χ0) is 10.9. The average molecular weight is 204 g/mol. The fraction of sp³-hybridized carbons (Fsp3) is 1.00. The summed E-state index contributed by atoms with van der Waals surface area (Å²) in [6.45, 7) is 4.47. The Morgan fingerprint density at radius 1 is 1.36 bits per heavy atom. The molecule has 0 aliphatic heterocycles. The molecule has 0 aliphatic carbocycles. The van der Waals surface area contributed by atoms with E-state index in [9.17, 15) is 0 Å². The number of hydrogen-bond acceptors (Lipinski definition) is 4. The smallest absolute Gasteiger partial charge is 0.0654 e. The summed E-state index contributed by atoms with van der Waals surface area (Å²) >= 11 is 0. The minimum Gasteiger partial charge on any atom is -0.396 e. The van der Waals surface area contributed by atoms with Crippen molar-refractivity contribution in [1.29, 1.82) is 0 Å². The van der Waals surface area contributed by atoms with E-state index in [4.69, 9.17) is 15.6 Å². The number of aliphatic hydroxyl groups excluding tert-OH is 1. The summed E-state index contributed by atoms with van der Waals surface area (Å²) in [6, 6.07) is 0. The van der Waals surface area contributed by atoms with E-state index in [2.05, 4.69) is 12.2 Å². The monoisotopic (exact) mass is 204 g/mol. The third kappa shape index (κ3) is 6.32. The van der Waals surface area contributed by atoms with Crippen molar-refractivity contribution >= 4 is 0 Å². The third-order valence-corrected chi connectivity index (χ3v) is 2.30. The first-order valence-corrected chi connectivity index (χ1v) is 5.23. The van der Waals surface area contributed by atoms with Gasteiger partial charge in [0.15, 0.2) is 0 Å². The zero-order valence-electron chi connectivity index (χ0n) is 9.38. The summed E-state index contributed by atoms with van der Waals surface area (Å²) in [4.78, 5) is 0. The molecular weight excluding hydrogens is 180 g/mol. The number of aliphatic hydroxyl groups is 1. The quantitative estimate of drug-likeness (QED) is 0.466. The van der Waals surface area contributed by atoms with Crippen molar-refractivity contribution in [2.75, 3.05) is 33.4 Å². The second kappa shape index (κ2) is 8.17. The molecule has 4 heteroatoms. The minimum absolute atomic E-state index is 0.117. The predicted octanol–water partition coefficient (Wildman–Crippen LogP) is 0.102. The fourth-order valence-corrected chi connectivity index (χ4v) is 1.30. The number of rotatable bonds is 9. The van der Waals surface area contributed by atoms with E-state index in [-0.39, 0.29) is 12.1 Å². The molecule has 0 fully saturated rings. The molecule has 0 heterocycles. The summed E-state index contributed by atoms with van der Waals surface area (Å²) < 4.78 is 5.09. The maximum absolute atomic E-state index is 8.60. The summed E-state index contributed by atoms with van der Waals surface area (Å²) in [5.41, 5.74) is 5.53. The Balaban J connectivity index is 3.51. The number of nitrogens with one attached hydrogen (secondary N) is 1. The van der Waals surface area contributed by atoms with Crippen LogP contribution in [0.1, 0.15) is 26.2 Å². The van der Waals surface area contributed by atoms with Gasteiger partial charge in [-0.2, -0.15) is 0 Å². The van der Waals surface area contributed by atoms with Gasteiger partial charge in [0.1, 0.15) is 0 Å². The van der Waals surface area contributed by atoms with E-state index in [0.29, 0.717) is 13.2 Å². The van der Waals surface area contributed by atoms with E-state index in [1.807, 2.05) is 0 Å². The van der Waals surface area contributed by atoms with Crippen LogP contribution in [0.15, 0.2) is 0 Å². The van der Waals surface area contributed by atoms with Crippen LogP contribution in [0.25, 0.3) is 0 Å². The topological polar surface area (TPSA) is 67.5 Å². The molecule has 0 radical (unpaired) electrons. The molecule has 14 heavy (non-hydrogen) atoms. The molecule has 0 saturated heterocycles. The molecule has 0 bridgehead atoms. The highest BCUT2D eigenvalue weighted by Gasteiger charge is 2.20. The maximum atomic E-state index is 8.60. The van der Waals surface area contributed by atoms with Crippen LogP contribution in [0.5, 0.6) is 0 Å². The normalized spacial score (nSPS) is 15.4. The molecular formula is C10H24N2O2. The molecule has 86 valence electrons. The van der Waals surface area contributed by atoms with Crippen LogP contribution in [-0.2, 0) is 4.74 Å². The van der Waals surface area contributed by atoms with Crippen molar-refractivity contribution < 1.29 is 9.84 Å². The molecule has 0 aromatic rings. The second-order valence-corrected chi connectivity index (χ2v) is 3.91. The van der Waals surface area contributed by atoms with Crippen LogP contribution in [0.4, 0.5) is 0 Å². The first-order chi connectivity index (χ1) is 6.68. The number of unbranched alkanes of at least 4 members (excludes halogenated alkanes) is 2. The number of methoxy groups -OCH3 is 1. The van der Waals surface area contributed by atoms with Gasteiger partial charge in [0.2, 0.25) is 0 Å². The van der Waals surface area contributed by atoms with E-state index in [0.717, 1.165) is 25.8 Å². The molecule has 0 rings (SSSR count). The Kier molecular flexibility index (Phi) is 8.08. The van der Waals surface area contributed by atoms with Crippen molar-refractivity contribution in [3.8, 4) is 0 Å². The largest absolute Gasteiger partial charge is 0.396 e. The van der Waals surface area contributed by atoms with Gasteiger partial charge in [0, 0.05) is 20.3 Å². The standard InChI is InChI=1S/C10H24N2O2/c1-10(8-11,9-14-2)12-6-4-3-5-7-13/h12-13H,3-9,11H2,1-2H3. The Hall–Kier alpha value is -0.160. The zero-order valence-corrected chi connectivity index (χ0v) is 9.38. The third-order valence-electron chi connectivity index (χ3n) is 2.30. The average Bonchev–Trinajstić information content (AvgIpc) is 2.18. The molecule has 0 saturated carbocycles. The summed E-state index contributed by atoms with van der Waals surface area (Å²) in [5, 5.41) is 12.0. The number of nitrogens with two attached hydrogens (primary N) is 1. The molecule has 0 spiro atoms. The van der Waals surface area contributed by atoms with Gasteiger partial charge in [-0.1, -0.05) is 0 Å². The first kappa shape index (κ1) is 13.8. The summed E-state index contributed by atoms with van der Waals surface area (Å²) in [6.07, 6.45) is 3.00. The van der Waals surface area contributed by atoms with Gasteiger partial charge < -0.3 is 20.9 Å². The van der Waals surface area contributed by atoms with Gasteiger partial charge in [-0.15, -0.1) is 0 Å². The van der Waals surface area contributed by atoms with Crippen LogP contribution in [-0.4, -0.2) is 44.1 Å². The number of hydrogen-bond donors (Lipinski definition) is 3. The molecule has 1 unspecified atom stereocenters. The van der Waals surface area contributed by atoms with Crippen LogP contribution in [0.3, 0.4) is 0 Å². The highest BCUT2D eigenvalue weighted by molar-refractivity contribution is 4.83. The lowest BCUT2D eigenvalue weighted by Gasteiger charge is -2.28. The Morgan fingerprint density at radius 3 is 2.57 bits per heavy atom. The van der Waals surface area contributed by atoms with Gasteiger partial charge in [-0.3, -0.25) is 0 Å². The van der Waals surface area contributed by atoms with Crippen molar-refractivity contribution in [2.24, 2.45) is 5.73 Å². The molecule has 0 aromatic carbocycles. The molecule has 4 N–H and O–H groups in total. The van der Waals surface area contributed by atoms with Crippen molar-refractivity contribution in [1.82, 2.24) is 5.32 Å². The molecule has 4 nitrogen and oxygen atoms in total. The predicted molar refractivity (Wildman–Crippen MR) is 58.3 cm³/mol. The van der Waals surface area contributed by atoms with Crippen molar-refractivity contribution in [3.05, 3.63) is 0 Å². The van der Waals surface area contributed by atoms with Gasteiger partial charge >= 0.3 is 0 Å². The van der Waals surface area contributed by atoms with Crippen LogP contribution < -0.4 is 11.1 Å². The molecule has 0 aromatic heterocycles. The van der Waals surface area contributed by atoms with Gasteiger partial charge in [-0.25, -0.2) is 0 Å². The van der Waals surface area contributed by atoms with Gasteiger partial charge in [-0.05, 0) is 32.7 Å². The second-order valence-electron chi connectivity index (χ2n) is 3.91. The van der Waals surface area contributed by atoms with Crippen LogP contribution in [0, 0.1) is 0 Å². The lowest BCUT2D eigenvalue weighted by atomic mass is 10.0. The maximum Gasteiger partial charge on any atom is 0.0654 e. The Morgan fingerprint density at radius 2 is 2.07 bits per heavy atom. The van der Waals surface area contributed by atoms with E-state index in [1.54, 1.807) is 7.11 Å². The summed E-state index contributed by atoms with van der Waals surface area (Å²) in [7, 11) is 1.68. The fourth-order valence-electron chi connectivity index (χ4n) is 1.30. The molecule has 0 amide bonds. The Labute approximate surface area is 86.8 Å². The van der Waals surface area contributed by atoms with Crippen LogP contribution >= 0.6 is 0 Å². The summed E-state index contributed by atoms with van der Waals surface area (Å²) in [5.74, 6) is 0. The van der Waals surface area contributed by atoms with E-state index >= 15 is 0 Å². The first-order valence-electron chi connectivity index (χ1n) is 5.23.